The van der Waals surface area contributed by atoms with E-state index >= 15 is 0 Å². The summed E-state index contributed by atoms with van der Waals surface area (Å²) < 4.78 is 1.65. The molecule has 2 rings (SSSR count). The van der Waals surface area contributed by atoms with E-state index in [0.29, 0.717) is 11.3 Å². The molecule has 2 nitrogen and oxygen atoms in total. The predicted octanol–water partition coefficient (Wildman–Crippen LogP) is 3.88. The van der Waals surface area contributed by atoms with Crippen molar-refractivity contribution in [3.63, 3.8) is 0 Å². The third-order valence-corrected chi connectivity index (χ3v) is 3.65. The lowest BCUT2D eigenvalue weighted by Crippen LogP contribution is -2.04. The summed E-state index contributed by atoms with van der Waals surface area (Å²) in [6.07, 6.45) is -0.718. The van der Waals surface area contributed by atoms with E-state index in [-0.39, 0.29) is 0 Å². The van der Waals surface area contributed by atoms with Gasteiger partial charge < -0.3 is 10.8 Å². The minimum atomic E-state index is -0.718. The van der Waals surface area contributed by atoms with E-state index < -0.39 is 6.10 Å². The second kappa shape index (κ2) is 5.21. The molecule has 4 heteroatoms. The molecular formula is C13H11Br2NO. The first-order chi connectivity index (χ1) is 8.09. The zero-order chi connectivity index (χ0) is 12.4. The lowest BCUT2D eigenvalue weighted by atomic mass is 10.0. The molecule has 0 unspecified atom stereocenters. The molecular weight excluding hydrogens is 346 g/mol. The van der Waals surface area contributed by atoms with E-state index in [1.54, 1.807) is 0 Å². The molecule has 0 saturated carbocycles. The molecule has 17 heavy (non-hydrogen) atoms. The second-order valence-electron chi connectivity index (χ2n) is 3.70. The topological polar surface area (TPSA) is 46.2 Å². The average Bonchev–Trinajstić information content (AvgIpc) is 2.34. The molecule has 0 spiro atoms. The van der Waals surface area contributed by atoms with Crippen LogP contribution < -0.4 is 5.73 Å². The van der Waals surface area contributed by atoms with Crippen LogP contribution in [0.1, 0.15) is 17.2 Å². The molecule has 0 bridgehead atoms. The number of aliphatic hydroxyl groups is 1. The third-order valence-electron chi connectivity index (χ3n) is 2.54. The minimum absolute atomic E-state index is 0.560. The quantitative estimate of drug-likeness (QED) is 0.802. The van der Waals surface area contributed by atoms with Crippen molar-refractivity contribution in [2.45, 2.75) is 6.10 Å². The van der Waals surface area contributed by atoms with Crippen LogP contribution in [0.4, 0.5) is 5.69 Å². The van der Waals surface area contributed by atoms with E-state index in [1.807, 2.05) is 42.5 Å². The Bertz CT molecular complexity index is 528. The van der Waals surface area contributed by atoms with Crippen LogP contribution >= 0.6 is 31.9 Å². The van der Waals surface area contributed by atoms with Gasteiger partial charge in [0.05, 0.1) is 5.69 Å². The van der Waals surface area contributed by atoms with Crippen molar-refractivity contribution in [3.05, 3.63) is 62.5 Å². The van der Waals surface area contributed by atoms with Crippen LogP contribution in [0.3, 0.4) is 0 Å². The predicted molar refractivity (Wildman–Crippen MR) is 76.8 cm³/mol. The van der Waals surface area contributed by atoms with Crippen molar-refractivity contribution in [3.8, 4) is 0 Å². The standard InChI is InChI=1S/C13H11Br2NO/c14-9-6-10(12(16)11(15)7-9)13(17)8-4-2-1-3-5-8/h1-7,13,17H,16H2/t13-/m0/s1. The Morgan fingerprint density at radius 1 is 1.06 bits per heavy atom. The largest absolute Gasteiger partial charge is 0.398 e. The Labute approximate surface area is 117 Å². The molecule has 3 N–H and O–H groups in total. The summed E-state index contributed by atoms with van der Waals surface area (Å²) in [6.45, 7) is 0. The van der Waals surface area contributed by atoms with Crippen molar-refractivity contribution in [2.75, 3.05) is 5.73 Å². The molecule has 0 saturated heterocycles. The number of hydrogen-bond donors (Lipinski definition) is 2. The first-order valence-corrected chi connectivity index (χ1v) is 6.65. The number of nitrogen functional groups attached to an aromatic ring is 1. The van der Waals surface area contributed by atoms with E-state index in [4.69, 9.17) is 5.73 Å². The van der Waals surface area contributed by atoms with Gasteiger partial charge in [-0.05, 0) is 33.6 Å². The minimum Gasteiger partial charge on any atom is -0.398 e. The number of anilines is 1. The fraction of sp³-hybridized carbons (Fsp3) is 0.0769. The highest BCUT2D eigenvalue weighted by molar-refractivity contribution is 9.11. The monoisotopic (exact) mass is 355 g/mol. The highest BCUT2D eigenvalue weighted by Gasteiger charge is 2.15. The maximum absolute atomic E-state index is 10.3. The van der Waals surface area contributed by atoms with Crippen molar-refractivity contribution in [1.29, 1.82) is 0 Å². The average molecular weight is 357 g/mol. The first-order valence-electron chi connectivity index (χ1n) is 5.07. The molecule has 0 fully saturated rings. The molecule has 2 aromatic carbocycles. The summed E-state index contributed by atoms with van der Waals surface area (Å²) in [6, 6.07) is 13.1. The molecule has 0 amide bonds. The van der Waals surface area contributed by atoms with Gasteiger partial charge in [0.1, 0.15) is 6.10 Å². The molecule has 0 radical (unpaired) electrons. The van der Waals surface area contributed by atoms with Gasteiger partial charge in [-0.25, -0.2) is 0 Å². The van der Waals surface area contributed by atoms with Gasteiger partial charge in [-0.1, -0.05) is 46.3 Å². The lowest BCUT2D eigenvalue weighted by Gasteiger charge is -2.15. The highest BCUT2D eigenvalue weighted by atomic mass is 79.9. The van der Waals surface area contributed by atoms with E-state index in [0.717, 1.165) is 14.5 Å². The summed E-state index contributed by atoms with van der Waals surface area (Å²) in [5.74, 6) is 0. The molecule has 0 aliphatic heterocycles. The fourth-order valence-corrected chi connectivity index (χ4v) is 2.90. The van der Waals surface area contributed by atoms with Crippen LogP contribution in [0.5, 0.6) is 0 Å². The Balaban J connectivity index is 2.48. The van der Waals surface area contributed by atoms with Crippen LogP contribution in [0, 0.1) is 0 Å². The van der Waals surface area contributed by atoms with Gasteiger partial charge in [-0.3, -0.25) is 0 Å². The number of aliphatic hydroxyl groups excluding tert-OH is 1. The molecule has 1 atom stereocenters. The molecule has 0 heterocycles. The maximum Gasteiger partial charge on any atom is 0.106 e. The number of halogens is 2. The van der Waals surface area contributed by atoms with Gasteiger partial charge in [0.25, 0.3) is 0 Å². The van der Waals surface area contributed by atoms with Gasteiger partial charge in [0.2, 0.25) is 0 Å². The van der Waals surface area contributed by atoms with Crippen LogP contribution in [-0.2, 0) is 0 Å². The molecule has 0 aliphatic rings. The zero-order valence-electron chi connectivity index (χ0n) is 8.90. The SMILES string of the molecule is Nc1c(Br)cc(Br)cc1[C@@H](O)c1ccccc1. The molecule has 0 aromatic heterocycles. The van der Waals surface area contributed by atoms with Gasteiger partial charge in [0, 0.05) is 14.5 Å². The van der Waals surface area contributed by atoms with Crippen LogP contribution in [-0.4, -0.2) is 5.11 Å². The Kier molecular flexibility index (Phi) is 3.86. The molecule has 88 valence electrons. The second-order valence-corrected chi connectivity index (χ2v) is 5.47. The van der Waals surface area contributed by atoms with Gasteiger partial charge in [-0.15, -0.1) is 0 Å². The van der Waals surface area contributed by atoms with E-state index in [1.165, 1.54) is 0 Å². The van der Waals surface area contributed by atoms with Crippen LogP contribution in [0.2, 0.25) is 0 Å². The van der Waals surface area contributed by atoms with Gasteiger partial charge in [0.15, 0.2) is 0 Å². The number of nitrogens with two attached hydrogens (primary N) is 1. The van der Waals surface area contributed by atoms with Crippen molar-refractivity contribution < 1.29 is 5.11 Å². The first kappa shape index (κ1) is 12.6. The lowest BCUT2D eigenvalue weighted by molar-refractivity contribution is 0.221. The van der Waals surface area contributed by atoms with E-state index in [9.17, 15) is 5.11 Å². The van der Waals surface area contributed by atoms with Crippen LogP contribution in [0.15, 0.2) is 51.4 Å². The van der Waals surface area contributed by atoms with Gasteiger partial charge in [-0.2, -0.15) is 0 Å². The van der Waals surface area contributed by atoms with E-state index in [2.05, 4.69) is 31.9 Å². The summed E-state index contributed by atoms with van der Waals surface area (Å²) in [5.41, 5.74) is 8.04. The molecule has 0 aliphatic carbocycles. The highest BCUT2D eigenvalue weighted by Crippen LogP contribution is 2.34. The number of benzene rings is 2. The summed E-state index contributed by atoms with van der Waals surface area (Å²) >= 11 is 6.76. The van der Waals surface area contributed by atoms with Crippen LogP contribution in [0.25, 0.3) is 0 Å². The van der Waals surface area contributed by atoms with Crippen molar-refractivity contribution >= 4 is 37.5 Å². The van der Waals surface area contributed by atoms with Crippen molar-refractivity contribution in [1.82, 2.24) is 0 Å². The Morgan fingerprint density at radius 3 is 2.35 bits per heavy atom. The Hall–Kier alpha value is -0.840. The Morgan fingerprint density at radius 2 is 1.71 bits per heavy atom. The normalized spacial score (nSPS) is 12.4. The fourth-order valence-electron chi connectivity index (χ4n) is 1.65. The maximum atomic E-state index is 10.3. The zero-order valence-corrected chi connectivity index (χ0v) is 12.1. The summed E-state index contributed by atoms with van der Waals surface area (Å²) in [4.78, 5) is 0. The number of hydrogen-bond acceptors (Lipinski definition) is 2. The smallest absolute Gasteiger partial charge is 0.106 e. The third kappa shape index (κ3) is 2.70. The summed E-state index contributed by atoms with van der Waals surface area (Å²) in [7, 11) is 0. The van der Waals surface area contributed by atoms with Gasteiger partial charge >= 0.3 is 0 Å². The number of rotatable bonds is 2. The van der Waals surface area contributed by atoms with Crippen molar-refractivity contribution in [2.24, 2.45) is 0 Å². The summed E-state index contributed by atoms with van der Waals surface area (Å²) in [5, 5.41) is 10.3. The molecule has 2 aromatic rings.